The second-order valence-corrected chi connectivity index (χ2v) is 3.93. The van der Waals surface area contributed by atoms with Crippen molar-refractivity contribution in [2.24, 2.45) is 5.92 Å². The first-order valence-electron chi connectivity index (χ1n) is 5.68. The SMILES string of the molecule is N#CC(Cc1ccco1)C(=O)Nc1ccccc1F. The van der Waals surface area contributed by atoms with E-state index in [-0.39, 0.29) is 12.1 Å². The van der Waals surface area contributed by atoms with Crippen LogP contribution in [0.5, 0.6) is 0 Å². The summed E-state index contributed by atoms with van der Waals surface area (Å²) >= 11 is 0. The van der Waals surface area contributed by atoms with Crippen LogP contribution >= 0.6 is 0 Å². The fraction of sp³-hybridized carbons (Fsp3) is 0.143. The molecule has 0 radical (unpaired) electrons. The summed E-state index contributed by atoms with van der Waals surface area (Å²) in [6.07, 6.45) is 1.63. The van der Waals surface area contributed by atoms with Crippen LogP contribution in [0.4, 0.5) is 10.1 Å². The van der Waals surface area contributed by atoms with Crippen molar-refractivity contribution in [1.82, 2.24) is 0 Å². The van der Waals surface area contributed by atoms with Crippen LogP contribution in [0.2, 0.25) is 0 Å². The molecule has 0 aliphatic carbocycles. The van der Waals surface area contributed by atoms with Gasteiger partial charge in [0.1, 0.15) is 17.5 Å². The van der Waals surface area contributed by atoms with Gasteiger partial charge in [0.05, 0.1) is 18.0 Å². The Hall–Kier alpha value is -2.61. The number of anilines is 1. The highest BCUT2D eigenvalue weighted by Crippen LogP contribution is 2.15. The Labute approximate surface area is 109 Å². The summed E-state index contributed by atoms with van der Waals surface area (Å²) in [7, 11) is 0. The van der Waals surface area contributed by atoms with Gasteiger partial charge in [-0.2, -0.15) is 5.26 Å². The molecule has 5 heteroatoms. The minimum Gasteiger partial charge on any atom is -0.469 e. The van der Waals surface area contributed by atoms with Gasteiger partial charge in [0.2, 0.25) is 5.91 Å². The van der Waals surface area contributed by atoms with Crippen LogP contribution in [-0.2, 0) is 11.2 Å². The molecule has 0 spiro atoms. The third kappa shape index (κ3) is 3.19. The largest absolute Gasteiger partial charge is 0.469 e. The molecule has 1 aromatic carbocycles. The van der Waals surface area contributed by atoms with Crippen molar-refractivity contribution in [3.8, 4) is 6.07 Å². The Kier molecular flexibility index (Phi) is 3.94. The second kappa shape index (κ2) is 5.83. The van der Waals surface area contributed by atoms with Gasteiger partial charge in [-0.15, -0.1) is 0 Å². The lowest BCUT2D eigenvalue weighted by Gasteiger charge is -2.09. The molecule has 19 heavy (non-hydrogen) atoms. The molecule has 1 unspecified atom stereocenters. The number of rotatable bonds is 4. The zero-order chi connectivity index (χ0) is 13.7. The Morgan fingerprint density at radius 2 is 2.16 bits per heavy atom. The van der Waals surface area contributed by atoms with E-state index < -0.39 is 17.6 Å². The maximum atomic E-state index is 13.4. The van der Waals surface area contributed by atoms with Gasteiger partial charge in [-0.25, -0.2) is 4.39 Å². The number of halogens is 1. The van der Waals surface area contributed by atoms with E-state index in [9.17, 15) is 9.18 Å². The minimum atomic E-state index is -0.925. The van der Waals surface area contributed by atoms with E-state index in [1.54, 1.807) is 18.2 Å². The normalized spacial score (nSPS) is 11.6. The van der Waals surface area contributed by atoms with E-state index in [1.165, 1.54) is 24.5 Å². The van der Waals surface area contributed by atoms with Crippen molar-refractivity contribution in [2.75, 3.05) is 5.32 Å². The number of hydrogen-bond donors (Lipinski definition) is 1. The number of amides is 1. The predicted molar refractivity (Wildman–Crippen MR) is 66.5 cm³/mol. The van der Waals surface area contributed by atoms with Crippen molar-refractivity contribution in [1.29, 1.82) is 5.26 Å². The molecule has 0 aliphatic heterocycles. The zero-order valence-corrected chi connectivity index (χ0v) is 9.97. The maximum Gasteiger partial charge on any atom is 0.242 e. The smallest absolute Gasteiger partial charge is 0.242 e. The number of benzene rings is 1. The van der Waals surface area contributed by atoms with Crippen molar-refractivity contribution in [3.05, 3.63) is 54.2 Å². The Bertz CT molecular complexity index is 602. The van der Waals surface area contributed by atoms with E-state index >= 15 is 0 Å². The molecule has 4 nitrogen and oxygen atoms in total. The first-order valence-corrected chi connectivity index (χ1v) is 5.68. The molecule has 0 saturated carbocycles. The lowest BCUT2D eigenvalue weighted by atomic mass is 10.0. The Morgan fingerprint density at radius 1 is 1.37 bits per heavy atom. The predicted octanol–water partition coefficient (Wildman–Crippen LogP) is 2.74. The van der Waals surface area contributed by atoms with Gasteiger partial charge in [-0.3, -0.25) is 4.79 Å². The summed E-state index contributed by atoms with van der Waals surface area (Å²) in [5.41, 5.74) is 0.0622. The molecule has 2 rings (SSSR count). The summed E-state index contributed by atoms with van der Waals surface area (Å²) in [5.74, 6) is -1.48. The number of carbonyl (C=O) groups excluding carboxylic acids is 1. The zero-order valence-electron chi connectivity index (χ0n) is 9.97. The average molecular weight is 258 g/mol. The lowest BCUT2D eigenvalue weighted by Crippen LogP contribution is -2.23. The van der Waals surface area contributed by atoms with Gasteiger partial charge in [-0.05, 0) is 24.3 Å². The first kappa shape index (κ1) is 12.8. The molecule has 0 bridgehead atoms. The van der Waals surface area contributed by atoms with Crippen LogP contribution in [0, 0.1) is 23.1 Å². The van der Waals surface area contributed by atoms with Crippen LogP contribution in [0.3, 0.4) is 0 Å². The molecular formula is C14H11FN2O2. The Balaban J connectivity index is 2.06. The Morgan fingerprint density at radius 3 is 2.79 bits per heavy atom. The van der Waals surface area contributed by atoms with Gasteiger partial charge >= 0.3 is 0 Å². The minimum absolute atomic E-state index is 0.0622. The summed E-state index contributed by atoms with van der Waals surface area (Å²) in [6, 6.07) is 11.1. The topological polar surface area (TPSA) is 66.0 Å². The standard InChI is InChI=1S/C14H11FN2O2/c15-12-5-1-2-6-13(12)17-14(18)10(9-16)8-11-4-3-7-19-11/h1-7,10H,8H2,(H,17,18). The molecular weight excluding hydrogens is 247 g/mol. The molecule has 0 aliphatic rings. The van der Waals surface area contributed by atoms with Gasteiger partial charge in [0.25, 0.3) is 0 Å². The highest BCUT2D eigenvalue weighted by Gasteiger charge is 2.20. The van der Waals surface area contributed by atoms with Crippen LogP contribution in [0.15, 0.2) is 47.1 Å². The molecule has 2 aromatic rings. The molecule has 1 atom stereocenters. The summed E-state index contributed by atoms with van der Waals surface area (Å²) < 4.78 is 18.5. The van der Waals surface area contributed by atoms with Crippen LogP contribution in [0.25, 0.3) is 0 Å². The maximum absolute atomic E-state index is 13.4. The van der Waals surface area contributed by atoms with Crippen molar-refractivity contribution >= 4 is 11.6 Å². The van der Waals surface area contributed by atoms with Gasteiger partial charge in [-0.1, -0.05) is 12.1 Å². The number of furan rings is 1. The second-order valence-electron chi connectivity index (χ2n) is 3.93. The number of nitrogens with one attached hydrogen (secondary N) is 1. The van der Waals surface area contributed by atoms with E-state index in [2.05, 4.69) is 5.32 Å². The number of nitrogens with zero attached hydrogens (tertiary/aromatic N) is 1. The third-order valence-corrected chi connectivity index (χ3v) is 2.59. The van der Waals surface area contributed by atoms with E-state index in [0.717, 1.165) is 0 Å². The summed E-state index contributed by atoms with van der Waals surface area (Å²) in [6.45, 7) is 0. The molecule has 1 N–H and O–H groups in total. The van der Waals surface area contributed by atoms with Crippen molar-refractivity contribution in [2.45, 2.75) is 6.42 Å². The number of carbonyl (C=O) groups is 1. The molecule has 1 aromatic heterocycles. The van der Waals surface area contributed by atoms with Crippen molar-refractivity contribution in [3.63, 3.8) is 0 Å². The number of hydrogen-bond acceptors (Lipinski definition) is 3. The molecule has 1 amide bonds. The van der Waals surface area contributed by atoms with E-state index in [1.807, 2.05) is 6.07 Å². The fourth-order valence-electron chi connectivity index (χ4n) is 1.61. The highest BCUT2D eigenvalue weighted by molar-refractivity contribution is 5.94. The number of nitriles is 1. The van der Waals surface area contributed by atoms with E-state index in [0.29, 0.717) is 5.76 Å². The van der Waals surface area contributed by atoms with Crippen LogP contribution < -0.4 is 5.32 Å². The van der Waals surface area contributed by atoms with Gasteiger partial charge in [0.15, 0.2) is 0 Å². The van der Waals surface area contributed by atoms with Crippen LogP contribution in [-0.4, -0.2) is 5.91 Å². The van der Waals surface area contributed by atoms with Crippen molar-refractivity contribution < 1.29 is 13.6 Å². The lowest BCUT2D eigenvalue weighted by molar-refractivity contribution is -0.118. The first-order chi connectivity index (χ1) is 9.20. The fourth-order valence-corrected chi connectivity index (χ4v) is 1.61. The number of para-hydroxylation sites is 1. The molecule has 96 valence electrons. The van der Waals surface area contributed by atoms with E-state index in [4.69, 9.17) is 9.68 Å². The molecule has 1 heterocycles. The summed E-state index contributed by atoms with van der Waals surface area (Å²) in [5, 5.41) is 11.4. The third-order valence-electron chi connectivity index (χ3n) is 2.59. The monoisotopic (exact) mass is 258 g/mol. The molecule has 0 saturated heterocycles. The van der Waals surface area contributed by atoms with Gasteiger partial charge < -0.3 is 9.73 Å². The van der Waals surface area contributed by atoms with Crippen LogP contribution in [0.1, 0.15) is 5.76 Å². The highest BCUT2D eigenvalue weighted by atomic mass is 19.1. The quantitative estimate of drug-likeness (QED) is 0.916. The van der Waals surface area contributed by atoms with Gasteiger partial charge in [0, 0.05) is 6.42 Å². The summed E-state index contributed by atoms with van der Waals surface area (Å²) in [4.78, 5) is 11.9. The molecule has 0 fully saturated rings. The average Bonchev–Trinajstić information content (AvgIpc) is 2.91.